The van der Waals surface area contributed by atoms with E-state index in [1.165, 1.54) is 14.0 Å². The van der Waals surface area contributed by atoms with Gasteiger partial charge < -0.3 is 15.1 Å². The van der Waals surface area contributed by atoms with E-state index >= 15 is 0 Å². The van der Waals surface area contributed by atoms with E-state index in [0.717, 1.165) is 4.90 Å². The lowest BCUT2D eigenvalue weighted by Crippen LogP contribution is -2.50. The molecule has 120 valence electrons. The van der Waals surface area contributed by atoms with Crippen LogP contribution in [-0.4, -0.2) is 61.8 Å². The van der Waals surface area contributed by atoms with Gasteiger partial charge in [0.25, 0.3) is 9.70 Å². The molecule has 0 aliphatic heterocycles. The first kappa shape index (κ1) is 19.9. The summed E-state index contributed by atoms with van der Waals surface area (Å²) in [6.45, 7) is 1.29. The Morgan fingerprint density at radius 1 is 1.24 bits per heavy atom. The summed E-state index contributed by atoms with van der Waals surface area (Å²) in [5, 5.41) is 19.3. The molecule has 8 nitrogen and oxygen atoms in total. The first-order valence-corrected chi connectivity index (χ1v) is 6.59. The summed E-state index contributed by atoms with van der Waals surface area (Å²) in [7, 11) is 1.18. The summed E-state index contributed by atoms with van der Waals surface area (Å²) in [6.07, 6.45) is -2.56. The maximum atomic E-state index is 11.7. The molecule has 0 spiro atoms. The van der Waals surface area contributed by atoms with Crippen LogP contribution in [0.15, 0.2) is 0 Å². The number of likely N-dealkylation sites (N-methyl/N-ethyl adjacent to an activating group) is 1. The lowest BCUT2D eigenvalue weighted by atomic mass is 10.1. The van der Waals surface area contributed by atoms with Gasteiger partial charge in [0.05, 0.1) is 6.04 Å². The van der Waals surface area contributed by atoms with E-state index in [0.29, 0.717) is 0 Å². The molecule has 3 N–H and O–H groups in total. The van der Waals surface area contributed by atoms with E-state index in [2.05, 4.69) is 0 Å². The van der Waals surface area contributed by atoms with Crippen LogP contribution in [0.4, 0.5) is 4.79 Å². The number of rotatable bonds is 5. The lowest BCUT2D eigenvalue weighted by Gasteiger charge is -2.24. The van der Waals surface area contributed by atoms with Crippen molar-refractivity contribution >= 4 is 58.5 Å². The van der Waals surface area contributed by atoms with Crippen LogP contribution in [0.1, 0.15) is 13.3 Å². The van der Waals surface area contributed by atoms with Crippen LogP contribution in [0.3, 0.4) is 0 Å². The summed E-state index contributed by atoms with van der Waals surface area (Å²) in [5.74, 6) is -3.48. The molecule has 0 saturated carbocycles. The smallest absolute Gasteiger partial charge is 0.332 e. The third kappa shape index (κ3) is 6.47. The van der Waals surface area contributed by atoms with Crippen LogP contribution >= 0.6 is 34.8 Å². The van der Waals surface area contributed by atoms with E-state index in [-0.39, 0.29) is 0 Å². The topological polar surface area (TPSA) is 124 Å². The van der Waals surface area contributed by atoms with Crippen molar-refractivity contribution in [3.63, 3.8) is 0 Å². The average molecular weight is 364 g/mol. The molecule has 0 fully saturated rings. The van der Waals surface area contributed by atoms with Gasteiger partial charge in [0.15, 0.2) is 11.9 Å². The van der Waals surface area contributed by atoms with Gasteiger partial charge in [-0.15, -0.1) is 0 Å². The third-order valence-corrected chi connectivity index (χ3v) is 3.04. The molecule has 0 bridgehead atoms. The number of aliphatic hydroxyl groups is 1. The fourth-order valence-corrected chi connectivity index (χ4v) is 1.24. The van der Waals surface area contributed by atoms with Gasteiger partial charge in [-0.25, -0.2) is 9.59 Å². The highest BCUT2D eigenvalue weighted by molar-refractivity contribution is 6.76. The van der Waals surface area contributed by atoms with Gasteiger partial charge in [-0.3, -0.25) is 14.9 Å². The highest BCUT2D eigenvalue weighted by Gasteiger charge is 2.34. The second-order valence-corrected chi connectivity index (χ2v) is 6.35. The Hall–Kier alpha value is -1.09. The zero-order valence-corrected chi connectivity index (χ0v) is 13.2. The minimum absolute atomic E-state index is 0.688. The van der Waals surface area contributed by atoms with E-state index in [1.54, 1.807) is 5.32 Å². The fraction of sp³-hybridized carbons (Fsp3) is 0.600. The normalized spacial score (nSPS) is 14.0. The second-order valence-electron chi connectivity index (χ2n) is 4.07. The van der Waals surface area contributed by atoms with Crippen LogP contribution in [0, 0.1) is 0 Å². The number of halogens is 3. The lowest BCUT2D eigenvalue weighted by molar-refractivity contribution is -0.149. The standard InChI is InChI=1S/C10H13Cl3N2O6/c1-4(5(16)3-6(17)7(18)19)15(2)9(21)14-8(20)10(11,12)13/h4,6,17H,3H2,1-2H3,(H,18,19)(H,14,20,21)/t4-,6?/m0/s1. The molecule has 3 amide bonds. The Bertz CT molecular complexity index is 451. The van der Waals surface area contributed by atoms with E-state index in [9.17, 15) is 19.2 Å². The number of alkyl halides is 3. The first-order chi connectivity index (χ1) is 9.37. The predicted molar refractivity (Wildman–Crippen MR) is 74.3 cm³/mol. The number of imide groups is 1. The number of carbonyl (C=O) groups excluding carboxylic acids is 3. The van der Waals surface area contributed by atoms with Crippen molar-refractivity contribution in [2.75, 3.05) is 7.05 Å². The molecule has 1 unspecified atom stereocenters. The van der Waals surface area contributed by atoms with Gasteiger partial charge in [-0.2, -0.15) is 0 Å². The molecule has 0 saturated heterocycles. The molecule has 0 aromatic rings. The minimum atomic E-state index is -2.34. The Morgan fingerprint density at radius 2 is 1.71 bits per heavy atom. The van der Waals surface area contributed by atoms with Gasteiger partial charge in [0.2, 0.25) is 0 Å². The Kier molecular flexibility index (Phi) is 7.38. The van der Waals surface area contributed by atoms with Gasteiger partial charge in [0, 0.05) is 13.5 Å². The zero-order chi connectivity index (χ0) is 17.0. The molecule has 0 aromatic carbocycles. The SMILES string of the molecule is C[C@@H](C(=O)CC(O)C(=O)O)N(C)C(=O)NC(=O)C(Cl)(Cl)Cl. The number of aliphatic carboxylic acids is 1. The summed E-state index contributed by atoms with van der Waals surface area (Å²) in [5.41, 5.74) is 0. The molecule has 11 heteroatoms. The molecule has 0 aliphatic carbocycles. The number of carbonyl (C=O) groups is 4. The minimum Gasteiger partial charge on any atom is -0.479 e. The summed E-state index contributed by atoms with van der Waals surface area (Å²) in [6, 6.07) is -2.11. The van der Waals surface area contributed by atoms with Crippen LogP contribution < -0.4 is 5.32 Å². The number of hydrogen-bond acceptors (Lipinski definition) is 5. The number of carboxylic acid groups (broad SMARTS) is 1. The quantitative estimate of drug-likeness (QED) is 0.604. The number of Topliss-reactive ketones (excluding diaryl/α,β-unsaturated/α-hetero) is 1. The van der Waals surface area contributed by atoms with E-state index < -0.39 is 46.1 Å². The molecule has 0 aliphatic rings. The van der Waals surface area contributed by atoms with Crippen molar-refractivity contribution < 1.29 is 29.4 Å². The van der Waals surface area contributed by atoms with Gasteiger partial charge in [0.1, 0.15) is 0 Å². The Balaban J connectivity index is 4.66. The average Bonchev–Trinajstić information content (AvgIpc) is 2.35. The largest absolute Gasteiger partial charge is 0.479 e. The first-order valence-electron chi connectivity index (χ1n) is 5.46. The van der Waals surface area contributed by atoms with E-state index in [1.807, 2.05) is 0 Å². The van der Waals surface area contributed by atoms with Crippen LogP contribution in [0.5, 0.6) is 0 Å². The fourth-order valence-electron chi connectivity index (χ4n) is 1.10. The highest BCUT2D eigenvalue weighted by Crippen LogP contribution is 2.25. The number of aliphatic hydroxyl groups excluding tert-OH is 1. The van der Waals surface area contributed by atoms with Crippen LogP contribution in [-0.2, 0) is 14.4 Å². The Morgan fingerprint density at radius 3 is 2.10 bits per heavy atom. The molecule has 21 heavy (non-hydrogen) atoms. The van der Waals surface area contributed by atoms with Crippen molar-refractivity contribution in [1.82, 2.24) is 10.2 Å². The number of amides is 3. The molecule has 0 aromatic heterocycles. The monoisotopic (exact) mass is 362 g/mol. The predicted octanol–water partition coefficient (Wildman–Crippen LogP) is 0.318. The second kappa shape index (κ2) is 7.79. The summed E-state index contributed by atoms with van der Waals surface area (Å²) < 4.78 is -2.34. The van der Waals surface area contributed by atoms with E-state index in [4.69, 9.17) is 45.0 Å². The van der Waals surface area contributed by atoms with Crippen LogP contribution in [0.2, 0.25) is 0 Å². The highest BCUT2D eigenvalue weighted by atomic mass is 35.6. The van der Waals surface area contributed by atoms with Crippen molar-refractivity contribution in [2.24, 2.45) is 0 Å². The molecule has 2 atom stereocenters. The van der Waals surface area contributed by atoms with Crippen LogP contribution in [0.25, 0.3) is 0 Å². The molecular weight excluding hydrogens is 350 g/mol. The summed E-state index contributed by atoms with van der Waals surface area (Å²) >= 11 is 15.8. The molecular formula is C10H13Cl3N2O6. The number of carboxylic acids is 1. The number of ketones is 1. The maximum Gasteiger partial charge on any atom is 0.332 e. The third-order valence-electron chi connectivity index (χ3n) is 2.52. The zero-order valence-electron chi connectivity index (χ0n) is 11.0. The molecule has 0 radical (unpaired) electrons. The number of hydrogen-bond donors (Lipinski definition) is 3. The van der Waals surface area contributed by atoms with Gasteiger partial charge >= 0.3 is 12.0 Å². The summed E-state index contributed by atoms with van der Waals surface area (Å²) in [4.78, 5) is 45.9. The number of nitrogens with one attached hydrogen (secondary N) is 1. The van der Waals surface area contributed by atoms with Gasteiger partial charge in [-0.05, 0) is 6.92 Å². The molecule has 0 rings (SSSR count). The number of nitrogens with zero attached hydrogens (tertiary/aromatic N) is 1. The van der Waals surface area contributed by atoms with Crippen molar-refractivity contribution in [3.8, 4) is 0 Å². The van der Waals surface area contributed by atoms with Crippen molar-refractivity contribution in [3.05, 3.63) is 0 Å². The Labute approximate surface area is 134 Å². The maximum absolute atomic E-state index is 11.7. The van der Waals surface area contributed by atoms with Crippen molar-refractivity contribution in [2.45, 2.75) is 29.3 Å². The molecule has 0 heterocycles. The number of urea groups is 1. The van der Waals surface area contributed by atoms with Crippen molar-refractivity contribution in [1.29, 1.82) is 0 Å². The van der Waals surface area contributed by atoms with Gasteiger partial charge in [-0.1, -0.05) is 34.8 Å².